The van der Waals surface area contributed by atoms with Gasteiger partial charge in [0.25, 0.3) is 0 Å². The Morgan fingerprint density at radius 1 is 1.12 bits per heavy atom. The van der Waals surface area contributed by atoms with Crippen LogP contribution in [0.25, 0.3) is 22.3 Å². The van der Waals surface area contributed by atoms with E-state index in [2.05, 4.69) is 21.2 Å². The number of nitrogens with zero attached hydrogens (tertiary/aromatic N) is 3. The number of H-pyrrole nitrogens is 1. The van der Waals surface area contributed by atoms with Crippen molar-refractivity contribution in [3.8, 4) is 22.9 Å². The number of aromatic amines is 1. The lowest BCUT2D eigenvalue weighted by atomic mass is 9.94. The zero-order valence-corrected chi connectivity index (χ0v) is 17.9. The summed E-state index contributed by atoms with van der Waals surface area (Å²) in [6.45, 7) is 0.933. The van der Waals surface area contributed by atoms with Crippen molar-refractivity contribution in [2.75, 3.05) is 27.4 Å². The number of nitrogens with one attached hydrogen (secondary N) is 1. The van der Waals surface area contributed by atoms with Crippen molar-refractivity contribution in [2.45, 2.75) is 18.4 Å². The lowest BCUT2D eigenvalue weighted by Gasteiger charge is -2.18. The van der Waals surface area contributed by atoms with Crippen molar-refractivity contribution in [1.82, 2.24) is 20.2 Å². The van der Waals surface area contributed by atoms with Gasteiger partial charge in [-0.25, -0.2) is 9.97 Å². The van der Waals surface area contributed by atoms with Crippen LogP contribution in [0.4, 0.5) is 0 Å². The molecule has 3 heterocycles. The molecule has 0 saturated carbocycles. The van der Waals surface area contributed by atoms with Gasteiger partial charge in [-0.05, 0) is 23.6 Å². The first-order valence-corrected chi connectivity index (χ1v) is 10.5. The maximum atomic E-state index is 10.9. The number of fused-ring (bicyclic) bond motifs is 2. The van der Waals surface area contributed by atoms with E-state index in [0.29, 0.717) is 48.2 Å². The van der Waals surface area contributed by atoms with Crippen LogP contribution in [-0.2, 0) is 11.2 Å². The monoisotopic (exact) mass is 432 g/mol. The van der Waals surface area contributed by atoms with Crippen LogP contribution in [0.15, 0.2) is 48.7 Å². The molecule has 2 atom stereocenters. The Hall–Kier alpha value is -3.49. The minimum Gasteiger partial charge on any atom is -0.495 e. The average molecular weight is 432 g/mol. The summed E-state index contributed by atoms with van der Waals surface area (Å²) in [6, 6.07) is 13.7. The lowest BCUT2D eigenvalue weighted by molar-refractivity contribution is 0.144. The van der Waals surface area contributed by atoms with E-state index in [0.717, 1.165) is 22.2 Å². The molecule has 0 amide bonds. The maximum absolute atomic E-state index is 10.9. The van der Waals surface area contributed by atoms with Gasteiger partial charge in [-0.15, -0.1) is 0 Å². The fourth-order valence-corrected chi connectivity index (χ4v) is 4.27. The molecule has 0 spiro atoms. The van der Waals surface area contributed by atoms with Gasteiger partial charge in [-0.2, -0.15) is 5.10 Å². The third kappa shape index (κ3) is 3.57. The van der Waals surface area contributed by atoms with Gasteiger partial charge >= 0.3 is 0 Å². The summed E-state index contributed by atoms with van der Waals surface area (Å²) >= 11 is 0. The smallest absolute Gasteiger partial charge is 0.213 e. The second kappa shape index (κ2) is 8.57. The van der Waals surface area contributed by atoms with Crippen molar-refractivity contribution >= 4 is 11.0 Å². The highest BCUT2D eigenvalue weighted by atomic mass is 16.5. The van der Waals surface area contributed by atoms with Gasteiger partial charge in [-0.3, -0.25) is 5.10 Å². The summed E-state index contributed by atoms with van der Waals surface area (Å²) in [5, 5.41) is 18.4. The Labute approximate surface area is 185 Å². The molecule has 3 aromatic heterocycles. The molecular weight excluding hydrogens is 408 g/mol. The Bertz CT molecular complexity index is 1240. The molecular formula is C24H24N4O4. The molecule has 2 N–H and O–H groups in total. The topological polar surface area (TPSA) is 102 Å². The highest BCUT2D eigenvalue weighted by Crippen LogP contribution is 2.42. The Morgan fingerprint density at radius 2 is 2.00 bits per heavy atom. The molecule has 32 heavy (non-hydrogen) atoms. The van der Waals surface area contributed by atoms with Gasteiger partial charge in [0.05, 0.1) is 36.9 Å². The van der Waals surface area contributed by atoms with Gasteiger partial charge in [-0.1, -0.05) is 24.3 Å². The van der Waals surface area contributed by atoms with E-state index in [1.165, 1.54) is 0 Å². The van der Waals surface area contributed by atoms with Crippen molar-refractivity contribution in [3.05, 3.63) is 65.5 Å². The third-order valence-electron chi connectivity index (χ3n) is 5.79. The number of aliphatic hydroxyl groups is 1. The normalized spacial score (nSPS) is 17.5. The fraction of sp³-hybridized carbons (Fsp3) is 0.292. The Kier molecular flexibility index (Phi) is 5.46. The molecule has 0 bridgehead atoms. The molecule has 1 aromatic carbocycles. The molecule has 0 radical (unpaired) electrons. The van der Waals surface area contributed by atoms with Crippen molar-refractivity contribution in [2.24, 2.45) is 0 Å². The molecule has 0 fully saturated rings. The summed E-state index contributed by atoms with van der Waals surface area (Å²) in [4.78, 5) is 9.31. The first kappa shape index (κ1) is 20.4. The number of hydrogen-bond acceptors (Lipinski definition) is 7. The average Bonchev–Trinajstić information content (AvgIpc) is 3.38. The van der Waals surface area contributed by atoms with Crippen LogP contribution < -0.4 is 9.47 Å². The predicted octanol–water partition coefficient (Wildman–Crippen LogP) is 3.10. The fourth-order valence-electron chi connectivity index (χ4n) is 4.27. The number of hydrogen-bond donors (Lipinski definition) is 2. The van der Waals surface area contributed by atoms with Crippen molar-refractivity contribution < 1.29 is 19.3 Å². The molecule has 8 nitrogen and oxygen atoms in total. The highest BCUT2D eigenvalue weighted by molar-refractivity contribution is 5.90. The van der Waals surface area contributed by atoms with E-state index in [-0.39, 0.29) is 5.92 Å². The van der Waals surface area contributed by atoms with Crippen molar-refractivity contribution in [3.63, 3.8) is 0 Å². The molecule has 1 aliphatic rings. The number of aliphatic hydroxyl groups excluding tert-OH is 1. The quantitative estimate of drug-likeness (QED) is 0.433. The number of rotatable bonds is 7. The summed E-state index contributed by atoms with van der Waals surface area (Å²) in [7, 11) is 3.24. The van der Waals surface area contributed by atoms with Crippen LogP contribution in [-0.4, -0.2) is 58.8 Å². The third-order valence-corrected chi connectivity index (χ3v) is 5.79. The molecule has 4 aromatic rings. The lowest BCUT2D eigenvalue weighted by Crippen LogP contribution is -2.16. The maximum Gasteiger partial charge on any atom is 0.213 e. The summed E-state index contributed by atoms with van der Waals surface area (Å²) in [5.41, 5.74) is 5.86. The Morgan fingerprint density at radius 3 is 2.78 bits per heavy atom. The zero-order chi connectivity index (χ0) is 22.1. The van der Waals surface area contributed by atoms with Crippen LogP contribution >= 0.6 is 0 Å². The highest BCUT2D eigenvalue weighted by Gasteiger charge is 2.35. The van der Waals surface area contributed by atoms with Crippen LogP contribution in [0.3, 0.4) is 0 Å². The van der Waals surface area contributed by atoms with E-state index < -0.39 is 6.10 Å². The first-order valence-electron chi connectivity index (χ1n) is 10.5. The zero-order valence-electron chi connectivity index (χ0n) is 17.9. The van der Waals surface area contributed by atoms with Gasteiger partial charge < -0.3 is 19.3 Å². The predicted molar refractivity (Wildman–Crippen MR) is 119 cm³/mol. The van der Waals surface area contributed by atoms with E-state index >= 15 is 0 Å². The van der Waals surface area contributed by atoms with Crippen LogP contribution in [0, 0.1) is 0 Å². The first-order chi connectivity index (χ1) is 15.7. The van der Waals surface area contributed by atoms with E-state index in [1.54, 1.807) is 26.5 Å². The van der Waals surface area contributed by atoms with Crippen LogP contribution in [0.5, 0.6) is 11.6 Å². The van der Waals surface area contributed by atoms with Gasteiger partial charge in [0.15, 0.2) is 0 Å². The summed E-state index contributed by atoms with van der Waals surface area (Å²) < 4.78 is 16.2. The van der Waals surface area contributed by atoms with E-state index in [4.69, 9.17) is 19.2 Å². The number of benzene rings is 1. The second-order valence-corrected chi connectivity index (χ2v) is 7.72. The largest absolute Gasteiger partial charge is 0.495 e. The van der Waals surface area contributed by atoms with Gasteiger partial charge in [0.1, 0.15) is 23.6 Å². The van der Waals surface area contributed by atoms with E-state index in [9.17, 15) is 5.11 Å². The van der Waals surface area contributed by atoms with E-state index in [1.807, 2.05) is 30.3 Å². The standard InChI is InChI=1S/C24H24N4O4/c1-30-9-10-32-20-8-7-15(13-25-20)22-23-17(27-28-22)12-19(31-2)24(26-23)21-16-6-4-3-5-14(16)11-18(21)29/h3-8,12-13,18,21,29H,9-11H2,1-2H3,(H,27,28). The Balaban J connectivity index is 1.55. The minimum absolute atomic E-state index is 0.261. The minimum atomic E-state index is -0.563. The van der Waals surface area contributed by atoms with Crippen LogP contribution in [0.1, 0.15) is 22.7 Å². The number of aromatic nitrogens is 4. The summed E-state index contributed by atoms with van der Waals surface area (Å²) in [5.74, 6) is 0.878. The van der Waals surface area contributed by atoms with Crippen LogP contribution in [0.2, 0.25) is 0 Å². The number of methoxy groups -OCH3 is 2. The van der Waals surface area contributed by atoms with Gasteiger partial charge in [0, 0.05) is 31.0 Å². The molecule has 1 aliphatic carbocycles. The van der Waals surface area contributed by atoms with Crippen molar-refractivity contribution in [1.29, 1.82) is 0 Å². The molecule has 0 aliphatic heterocycles. The number of ether oxygens (including phenoxy) is 3. The SMILES string of the molecule is COCCOc1ccc(-c2n[nH]c3cc(OC)c(C4c5ccccc5CC4O)nc23)cn1. The molecule has 5 rings (SSSR count). The summed E-state index contributed by atoms with van der Waals surface area (Å²) in [6.07, 6.45) is 1.74. The number of pyridine rings is 2. The molecule has 0 saturated heterocycles. The second-order valence-electron chi connectivity index (χ2n) is 7.72. The molecule has 164 valence electrons. The molecule has 8 heteroatoms. The van der Waals surface area contributed by atoms with Gasteiger partial charge in [0.2, 0.25) is 5.88 Å². The molecule has 2 unspecified atom stereocenters.